The molecule has 1 aromatic heterocycles. The molecule has 0 saturated heterocycles. The molecule has 15 heavy (non-hydrogen) atoms. The van der Waals surface area contributed by atoms with Crippen LogP contribution in [0.4, 0.5) is 0 Å². The van der Waals surface area contributed by atoms with Crippen LogP contribution in [0, 0.1) is 0 Å². The Morgan fingerprint density at radius 1 is 1.47 bits per heavy atom. The van der Waals surface area contributed by atoms with Crippen molar-refractivity contribution in [2.24, 2.45) is 0 Å². The SMILES string of the molecule is COCCc1ncc2c(n1)CCCC2=O. The van der Waals surface area contributed by atoms with Crippen LogP contribution in [-0.4, -0.2) is 29.5 Å². The normalized spacial score (nSPS) is 15.1. The molecule has 0 aromatic carbocycles. The number of aromatic nitrogens is 2. The van der Waals surface area contributed by atoms with Gasteiger partial charge in [0.2, 0.25) is 0 Å². The van der Waals surface area contributed by atoms with E-state index in [1.165, 1.54) is 0 Å². The zero-order valence-corrected chi connectivity index (χ0v) is 8.82. The van der Waals surface area contributed by atoms with Crippen molar-refractivity contribution in [3.63, 3.8) is 0 Å². The summed E-state index contributed by atoms with van der Waals surface area (Å²) < 4.78 is 4.96. The van der Waals surface area contributed by atoms with Crippen LogP contribution in [0.25, 0.3) is 0 Å². The van der Waals surface area contributed by atoms with E-state index in [-0.39, 0.29) is 5.78 Å². The lowest BCUT2D eigenvalue weighted by atomic mass is 9.96. The van der Waals surface area contributed by atoms with Gasteiger partial charge in [0, 0.05) is 26.1 Å². The highest BCUT2D eigenvalue weighted by Crippen LogP contribution is 2.18. The maximum absolute atomic E-state index is 11.5. The summed E-state index contributed by atoms with van der Waals surface area (Å²) >= 11 is 0. The third-order valence-electron chi connectivity index (χ3n) is 2.57. The molecule has 4 heteroatoms. The van der Waals surface area contributed by atoms with Crippen molar-refractivity contribution >= 4 is 5.78 Å². The number of Topliss-reactive ketones (excluding diaryl/α,β-unsaturated/α-hetero) is 1. The number of ether oxygens (including phenoxy) is 1. The highest BCUT2D eigenvalue weighted by molar-refractivity contribution is 5.97. The fraction of sp³-hybridized carbons (Fsp3) is 0.545. The van der Waals surface area contributed by atoms with E-state index in [1.807, 2.05) is 0 Å². The minimum Gasteiger partial charge on any atom is -0.384 e. The molecule has 0 radical (unpaired) electrons. The second-order valence-corrected chi connectivity index (χ2v) is 3.67. The fourth-order valence-electron chi connectivity index (χ4n) is 1.75. The lowest BCUT2D eigenvalue weighted by molar-refractivity contribution is 0.0971. The second kappa shape index (κ2) is 4.49. The Balaban J connectivity index is 2.21. The molecule has 80 valence electrons. The number of carbonyl (C=O) groups is 1. The van der Waals surface area contributed by atoms with Gasteiger partial charge >= 0.3 is 0 Å². The van der Waals surface area contributed by atoms with Gasteiger partial charge < -0.3 is 4.74 Å². The lowest BCUT2D eigenvalue weighted by Gasteiger charge is -2.13. The molecular weight excluding hydrogens is 192 g/mol. The molecule has 1 aliphatic carbocycles. The van der Waals surface area contributed by atoms with Crippen LogP contribution in [0.1, 0.15) is 34.7 Å². The van der Waals surface area contributed by atoms with E-state index >= 15 is 0 Å². The maximum atomic E-state index is 11.5. The number of hydrogen-bond acceptors (Lipinski definition) is 4. The van der Waals surface area contributed by atoms with Crippen LogP contribution in [0.3, 0.4) is 0 Å². The monoisotopic (exact) mass is 206 g/mol. The van der Waals surface area contributed by atoms with E-state index in [4.69, 9.17) is 4.74 Å². The quantitative estimate of drug-likeness (QED) is 0.745. The lowest BCUT2D eigenvalue weighted by Crippen LogP contribution is -2.15. The van der Waals surface area contributed by atoms with E-state index in [0.29, 0.717) is 25.0 Å². The summed E-state index contributed by atoms with van der Waals surface area (Å²) in [6.07, 6.45) is 4.80. The zero-order chi connectivity index (χ0) is 10.7. The van der Waals surface area contributed by atoms with E-state index in [1.54, 1.807) is 13.3 Å². The Morgan fingerprint density at radius 2 is 2.33 bits per heavy atom. The summed E-state index contributed by atoms with van der Waals surface area (Å²) in [5.74, 6) is 0.944. The average molecular weight is 206 g/mol. The number of aryl methyl sites for hydroxylation is 1. The summed E-state index contributed by atoms with van der Waals surface area (Å²) in [6, 6.07) is 0. The Kier molecular flexibility index (Phi) is 3.06. The van der Waals surface area contributed by atoms with Crippen LogP contribution >= 0.6 is 0 Å². The van der Waals surface area contributed by atoms with E-state index in [9.17, 15) is 4.79 Å². The van der Waals surface area contributed by atoms with Gasteiger partial charge in [-0.3, -0.25) is 4.79 Å². The van der Waals surface area contributed by atoms with E-state index in [2.05, 4.69) is 9.97 Å². The van der Waals surface area contributed by atoms with Gasteiger partial charge in [-0.25, -0.2) is 9.97 Å². The van der Waals surface area contributed by atoms with Gasteiger partial charge in [-0.15, -0.1) is 0 Å². The summed E-state index contributed by atoms with van der Waals surface area (Å²) in [5, 5.41) is 0. The van der Waals surface area contributed by atoms with Crippen molar-refractivity contribution in [3.8, 4) is 0 Å². The zero-order valence-electron chi connectivity index (χ0n) is 8.82. The molecule has 4 nitrogen and oxygen atoms in total. The average Bonchev–Trinajstić information content (AvgIpc) is 2.26. The molecule has 0 N–H and O–H groups in total. The predicted molar refractivity (Wildman–Crippen MR) is 54.9 cm³/mol. The maximum Gasteiger partial charge on any atom is 0.166 e. The first-order valence-corrected chi connectivity index (χ1v) is 5.18. The molecule has 0 amide bonds. The third-order valence-corrected chi connectivity index (χ3v) is 2.57. The van der Waals surface area contributed by atoms with Gasteiger partial charge in [-0.2, -0.15) is 0 Å². The molecule has 1 aliphatic rings. The Bertz CT molecular complexity index is 377. The number of methoxy groups -OCH3 is 1. The van der Waals surface area contributed by atoms with Crippen molar-refractivity contribution in [2.75, 3.05) is 13.7 Å². The number of fused-ring (bicyclic) bond motifs is 1. The first kappa shape index (κ1) is 10.2. The molecule has 1 aromatic rings. The number of ketones is 1. The Morgan fingerprint density at radius 3 is 3.13 bits per heavy atom. The standard InChI is InChI=1S/C11H14N2O2/c1-15-6-5-11-12-7-8-9(13-11)3-2-4-10(8)14/h7H,2-6H2,1H3. The van der Waals surface area contributed by atoms with Crippen LogP contribution in [-0.2, 0) is 17.6 Å². The van der Waals surface area contributed by atoms with Gasteiger partial charge in [0.1, 0.15) is 5.82 Å². The van der Waals surface area contributed by atoms with Crippen molar-refractivity contribution in [1.29, 1.82) is 0 Å². The van der Waals surface area contributed by atoms with Gasteiger partial charge in [0.15, 0.2) is 5.78 Å². The smallest absolute Gasteiger partial charge is 0.166 e. The van der Waals surface area contributed by atoms with Gasteiger partial charge in [-0.1, -0.05) is 0 Å². The molecule has 0 spiro atoms. The Labute approximate surface area is 88.7 Å². The molecule has 1 heterocycles. The van der Waals surface area contributed by atoms with Crippen LogP contribution < -0.4 is 0 Å². The van der Waals surface area contributed by atoms with Crippen molar-refractivity contribution < 1.29 is 9.53 Å². The summed E-state index contributed by atoms with van der Waals surface area (Å²) in [5.41, 5.74) is 1.62. The fourth-order valence-corrected chi connectivity index (χ4v) is 1.75. The van der Waals surface area contributed by atoms with Gasteiger partial charge in [0.25, 0.3) is 0 Å². The Hall–Kier alpha value is -1.29. The number of rotatable bonds is 3. The van der Waals surface area contributed by atoms with Gasteiger partial charge in [0.05, 0.1) is 17.9 Å². The van der Waals surface area contributed by atoms with E-state index in [0.717, 1.165) is 24.4 Å². The molecule has 0 bridgehead atoms. The highest BCUT2D eigenvalue weighted by Gasteiger charge is 2.18. The van der Waals surface area contributed by atoms with Crippen molar-refractivity contribution in [2.45, 2.75) is 25.7 Å². The minimum absolute atomic E-state index is 0.176. The van der Waals surface area contributed by atoms with Crippen molar-refractivity contribution in [3.05, 3.63) is 23.3 Å². The number of hydrogen-bond donors (Lipinski definition) is 0. The molecule has 0 aliphatic heterocycles. The number of carbonyl (C=O) groups excluding carboxylic acids is 1. The molecule has 2 rings (SSSR count). The van der Waals surface area contributed by atoms with E-state index < -0.39 is 0 Å². The molecule has 0 atom stereocenters. The molecule has 0 fully saturated rings. The minimum atomic E-state index is 0.176. The molecular formula is C11H14N2O2. The van der Waals surface area contributed by atoms with Crippen LogP contribution in [0.5, 0.6) is 0 Å². The van der Waals surface area contributed by atoms with Crippen LogP contribution in [0.2, 0.25) is 0 Å². The summed E-state index contributed by atoms with van der Waals surface area (Å²) in [4.78, 5) is 20.1. The van der Waals surface area contributed by atoms with Crippen molar-refractivity contribution in [1.82, 2.24) is 9.97 Å². The molecule has 0 unspecified atom stereocenters. The molecule has 0 saturated carbocycles. The first-order chi connectivity index (χ1) is 7.31. The van der Waals surface area contributed by atoms with Gasteiger partial charge in [-0.05, 0) is 12.8 Å². The second-order valence-electron chi connectivity index (χ2n) is 3.67. The highest BCUT2D eigenvalue weighted by atomic mass is 16.5. The first-order valence-electron chi connectivity index (χ1n) is 5.18. The van der Waals surface area contributed by atoms with Crippen LogP contribution in [0.15, 0.2) is 6.20 Å². The largest absolute Gasteiger partial charge is 0.384 e. The predicted octanol–water partition coefficient (Wildman–Crippen LogP) is 1.18. The summed E-state index contributed by atoms with van der Waals surface area (Å²) in [6.45, 7) is 0.618. The summed E-state index contributed by atoms with van der Waals surface area (Å²) in [7, 11) is 1.65. The third kappa shape index (κ3) is 2.21. The topological polar surface area (TPSA) is 52.1 Å². The number of nitrogens with zero attached hydrogens (tertiary/aromatic N) is 2.